The fourth-order valence-corrected chi connectivity index (χ4v) is 2.23. The SMILES string of the molecule is CCNc1ncnc(NCc2ccsc2)c1OC. The molecule has 18 heavy (non-hydrogen) atoms. The predicted octanol–water partition coefficient (Wildman–Crippen LogP) is 2.59. The Labute approximate surface area is 110 Å². The molecule has 6 heteroatoms. The van der Waals surface area contributed by atoms with E-state index in [1.807, 2.05) is 6.92 Å². The second-order valence-electron chi connectivity index (χ2n) is 3.62. The molecule has 0 bridgehead atoms. The molecule has 2 aromatic rings. The van der Waals surface area contributed by atoms with Crippen molar-refractivity contribution in [2.24, 2.45) is 0 Å². The van der Waals surface area contributed by atoms with E-state index >= 15 is 0 Å². The van der Waals surface area contributed by atoms with E-state index in [0.29, 0.717) is 17.4 Å². The number of rotatable bonds is 6. The summed E-state index contributed by atoms with van der Waals surface area (Å²) in [5, 5.41) is 10.6. The van der Waals surface area contributed by atoms with Gasteiger partial charge in [0.25, 0.3) is 0 Å². The van der Waals surface area contributed by atoms with Crippen LogP contribution in [0.2, 0.25) is 0 Å². The molecular weight excluding hydrogens is 248 g/mol. The van der Waals surface area contributed by atoms with E-state index in [-0.39, 0.29) is 0 Å². The maximum absolute atomic E-state index is 5.35. The molecule has 2 aromatic heterocycles. The number of thiophene rings is 1. The molecule has 0 radical (unpaired) electrons. The third kappa shape index (κ3) is 2.89. The number of nitrogens with one attached hydrogen (secondary N) is 2. The summed E-state index contributed by atoms with van der Waals surface area (Å²) in [6.07, 6.45) is 1.52. The van der Waals surface area contributed by atoms with Crippen LogP contribution < -0.4 is 15.4 Å². The van der Waals surface area contributed by atoms with E-state index in [0.717, 1.165) is 13.1 Å². The monoisotopic (exact) mass is 264 g/mol. The number of hydrogen-bond donors (Lipinski definition) is 2. The molecule has 0 spiro atoms. The average Bonchev–Trinajstić information content (AvgIpc) is 2.90. The van der Waals surface area contributed by atoms with Crippen molar-refractivity contribution >= 4 is 23.0 Å². The van der Waals surface area contributed by atoms with E-state index in [4.69, 9.17) is 4.74 Å². The number of ether oxygens (including phenoxy) is 1. The van der Waals surface area contributed by atoms with Crippen molar-refractivity contribution in [3.63, 3.8) is 0 Å². The largest absolute Gasteiger partial charge is 0.490 e. The standard InChI is InChI=1S/C12H16N4OS/c1-3-13-11-10(17-2)12(16-8-15-11)14-6-9-4-5-18-7-9/h4-5,7-8H,3,6H2,1-2H3,(H2,13,14,15,16). The lowest BCUT2D eigenvalue weighted by Crippen LogP contribution is -2.07. The third-order valence-corrected chi connectivity index (χ3v) is 3.12. The Balaban J connectivity index is 2.13. The highest BCUT2D eigenvalue weighted by Crippen LogP contribution is 2.29. The van der Waals surface area contributed by atoms with Crippen molar-refractivity contribution in [2.45, 2.75) is 13.5 Å². The smallest absolute Gasteiger partial charge is 0.204 e. The molecule has 0 unspecified atom stereocenters. The van der Waals surface area contributed by atoms with Crippen molar-refractivity contribution in [3.05, 3.63) is 28.7 Å². The lowest BCUT2D eigenvalue weighted by Gasteiger charge is -2.13. The molecule has 2 rings (SSSR count). The first-order valence-corrected chi connectivity index (χ1v) is 6.67. The molecule has 0 aromatic carbocycles. The second-order valence-corrected chi connectivity index (χ2v) is 4.40. The Hall–Kier alpha value is -1.82. The van der Waals surface area contributed by atoms with Crippen LogP contribution in [0.3, 0.4) is 0 Å². The fourth-order valence-electron chi connectivity index (χ4n) is 1.57. The fraction of sp³-hybridized carbons (Fsp3) is 0.333. The molecule has 0 atom stereocenters. The highest BCUT2D eigenvalue weighted by atomic mass is 32.1. The van der Waals surface area contributed by atoms with Gasteiger partial charge in [0, 0.05) is 13.1 Å². The van der Waals surface area contributed by atoms with E-state index in [1.165, 1.54) is 11.9 Å². The van der Waals surface area contributed by atoms with Gasteiger partial charge in [-0.3, -0.25) is 0 Å². The summed E-state index contributed by atoms with van der Waals surface area (Å²) in [4.78, 5) is 8.37. The minimum Gasteiger partial charge on any atom is -0.490 e. The van der Waals surface area contributed by atoms with Crippen LogP contribution in [0.25, 0.3) is 0 Å². The number of nitrogens with zero attached hydrogens (tertiary/aromatic N) is 2. The molecule has 0 saturated heterocycles. The van der Waals surface area contributed by atoms with Gasteiger partial charge in [0.05, 0.1) is 7.11 Å². The van der Waals surface area contributed by atoms with Crippen LogP contribution in [0.1, 0.15) is 12.5 Å². The Morgan fingerprint density at radius 2 is 2.06 bits per heavy atom. The Morgan fingerprint density at radius 1 is 1.28 bits per heavy atom. The highest BCUT2D eigenvalue weighted by molar-refractivity contribution is 7.07. The van der Waals surface area contributed by atoms with Gasteiger partial charge in [-0.05, 0) is 29.3 Å². The average molecular weight is 264 g/mol. The molecule has 96 valence electrons. The van der Waals surface area contributed by atoms with Crippen LogP contribution in [0.4, 0.5) is 11.6 Å². The van der Waals surface area contributed by atoms with Crippen LogP contribution in [0, 0.1) is 0 Å². The van der Waals surface area contributed by atoms with E-state index in [9.17, 15) is 0 Å². The highest BCUT2D eigenvalue weighted by Gasteiger charge is 2.10. The zero-order valence-corrected chi connectivity index (χ0v) is 11.3. The van der Waals surface area contributed by atoms with Gasteiger partial charge in [-0.15, -0.1) is 0 Å². The summed E-state index contributed by atoms with van der Waals surface area (Å²) in [7, 11) is 1.62. The van der Waals surface area contributed by atoms with E-state index in [1.54, 1.807) is 18.4 Å². The van der Waals surface area contributed by atoms with Crippen LogP contribution in [-0.4, -0.2) is 23.6 Å². The lowest BCUT2D eigenvalue weighted by molar-refractivity contribution is 0.414. The summed E-state index contributed by atoms with van der Waals surface area (Å²) in [6, 6.07) is 2.08. The van der Waals surface area contributed by atoms with Crippen LogP contribution >= 0.6 is 11.3 Å². The van der Waals surface area contributed by atoms with Gasteiger partial charge in [-0.2, -0.15) is 11.3 Å². The lowest BCUT2D eigenvalue weighted by atomic mass is 10.3. The molecule has 0 aliphatic rings. The molecular formula is C12H16N4OS. The molecule has 2 heterocycles. The van der Waals surface area contributed by atoms with Crippen molar-refractivity contribution < 1.29 is 4.74 Å². The zero-order chi connectivity index (χ0) is 12.8. The minimum atomic E-state index is 0.648. The summed E-state index contributed by atoms with van der Waals surface area (Å²) in [5.41, 5.74) is 1.23. The van der Waals surface area contributed by atoms with Crippen molar-refractivity contribution in [1.29, 1.82) is 0 Å². The van der Waals surface area contributed by atoms with Gasteiger partial charge in [-0.1, -0.05) is 0 Å². The molecule has 0 aliphatic heterocycles. The normalized spacial score (nSPS) is 10.1. The molecule has 0 aliphatic carbocycles. The molecule has 0 amide bonds. The number of hydrogen-bond acceptors (Lipinski definition) is 6. The van der Waals surface area contributed by atoms with Gasteiger partial charge in [-0.25, -0.2) is 9.97 Å². The van der Waals surface area contributed by atoms with Crippen molar-refractivity contribution in [2.75, 3.05) is 24.3 Å². The Morgan fingerprint density at radius 3 is 2.67 bits per heavy atom. The topological polar surface area (TPSA) is 59.1 Å². The second kappa shape index (κ2) is 6.20. The Bertz CT molecular complexity index is 487. The van der Waals surface area contributed by atoms with E-state index in [2.05, 4.69) is 37.4 Å². The summed E-state index contributed by atoms with van der Waals surface area (Å²) in [6.45, 7) is 3.53. The third-order valence-electron chi connectivity index (χ3n) is 2.39. The predicted molar refractivity (Wildman–Crippen MR) is 74.4 cm³/mol. The first-order chi connectivity index (χ1) is 8.85. The number of anilines is 2. The molecule has 0 fully saturated rings. The molecule has 5 nitrogen and oxygen atoms in total. The van der Waals surface area contributed by atoms with Crippen molar-refractivity contribution in [3.8, 4) is 5.75 Å². The van der Waals surface area contributed by atoms with E-state index < -0.39 is 0 Å². The van der Waals surface area contributed by atoms with Crippen LogP contribution in [0.15, 0.2) is 23.2 Å². The number of methoxy groups -OCH3 is 1. The first-order valence-electron chi connectivity index (χ1n) is 5.73. The molecule has 0 saturated carbocycles. The Kier molecular flexibility index (Phi) is 4.35. The summed E-state index contributed by atoms with van der Waals surface area (Å²) < 4.78 is 5.35. The van der Waals surface area contributed by atoms with Crippen molar-refractivity contribution in [1.82, 2.24) is 9.97 Å². The van der Waals surface area contributed by atoms with Gasteiger partial charge in [0.2, 0.25) is 5.75 Å². The van der Waals surface area contributed by atoms with Crippen LogP contribution in [-0.2, 0) is 6.54 Å². The maximum atomic E-state index is 5.35. The first kappa shape index (κ1) is 12.6. The summed E-state index contributed by atoms with van der Waals surface area (Å²) in [5.74, 6) is 2.06. The quantitative estimate of drug-likeness (QED) is 0.840. The number of aromatic nitrogens is 2. The maximum Gasteiger partial charge on any atom is 0.204 e. The van der Waals surface area contributed by atoms with Crippen LogP contribution in [0.5, 0.6) is 5.75 Å². The minimum absolute atomic E-state index is 0.648. The van der Waals surface area contributed by atoms with Gasteiger partial charge in [0.1, 0.15) is 6.33 Å². The van der Waals surface area contributed by atoms with Gasteiger partial charge < -0.3 is 15.4 Å². The zero-order valence-electron chi connectivity index (χ0n) is 10.4. The van der Waals surface area contributed by atoms with Gasteiger partial charge in [0.15, 0.2) is 11.6 Å². The molecule has 2 N–H and O–H groups in total. The summed E-state index contributed by atoms with van der Waals surface area (Å²) >= 11 is 1.68. The van der Waals surface area contributed by atoms with Gasteiger partial charge >= 0.3 is 0 Å².